The molecule has 2 aromatic carbocycles. The molecule has 0 saturated heterocycles. The SMILES string of the molecule is CC1C=c2c(ccc3c2=CC(=O)c2ccccc2-3)C(C)C1=O.O=C(Cn1cnc2ncncc21)Nc1nc(-c2cccnc2)cs1. The minimum absolute atomic E-state index is 0.0436. The number of fused-ring (bicyclic) bond motifs is 6. The second kappa shape index (κ2) is 12.0. The van der Waals surface area contributed by atoms with Gasteiger partial charge in [0.05, 0.1) is 18.2 Å². The summed E-state index contributed by atoms with van der Waals surface area (Å²) in [4.78, 5) is 57.5. The smallest absolute Gasteiger partial charge is 0.246 e. The number of thiazole rings is 1. The van der Waals surface area contributed by atoms with Crippen molar-refractivity contribution in [3.05, 3.63) is 107 Å². The average Bonchev–Trinajstić information content (AvgIpc) is 3.72. The Morgan fingerprint density at radius 2 is 1.78 bits per heavy atom. The third-order valence-corrected chi connectivity index (χ3v) is 8.92. The molecule has 8 rings (SSSR count). The summed E-state index contributed by atoms with van der Waals surface area (Å²) in [7, 11) is 0. The maximum absolute atomic E-state index is 12.4. The maximum atomic E-state index is 12.4. The predicted octanol–water partition coefficient (Wildman–Crippen LogP) is 4.42. The molecule has 0 spiro atoms. The summed E-state index contributed by atoms with van der Waals surface area (Å²) in [6, 6.07) is 15.6. The van der Waals surface area contributed by atoms with Crippen LogP contribution < -0.4 is 15.8 Å². The van der Waals surface area contributed by atoms with Gasteiger partial charge < -0.3 is 9.88 Å². The van der Waals surface area contributed by atoms with Gasteiger partial charge in [-0.05, 0) is 45.3 Å². The number of nitrogens with zero attached hydrogens (tertiary/aromatic N) is 6. The van der Waals surface area contributed by atoms with Gasteiger partial charge in [0, 0.05) is 40.7 Å². The van der Waals surface area contributed by atoms with E-state index in [2.05, 4.69) is 30.2 Å². The van der Waals surface area contributed by atoms with E-state index in [1.54, 1.807) is 35.6 Å². The Kier molecular flexibility index (Phi) is 7.59. The lowest BCUT2D eigenvalue weighted by molar-refractivity contribution is -0.122. The molecule has 0 aliphatic heterocycles. The monoisotopic (exact) mass is 625 g/mol. The molecule has 1 amide bonds. The van der Waals surface area contributed by atoms with Gasteiger partial charge in [0.2, 0.25) is 5.91 Å². The van der Waals surface area contributed by atoms with Crippen LogP contribution in [0.25, 0.3) is 45.7 Å². The van der Waals surface area contributed by atoms with E-state index < -0.39 is 0 Å². The van der Waals surface area contributed by atoms with Crippen molar-refractivity contribution in [2.24, 2.45) is 5.92 Å². The summed E-state index contributed by atoms with van der Waals surface area (Å²) < 4.78 is 1.69. The third-order valence-electron chi connectivity index (χ3n) is 8.16. The van der Waals surface area contributed by atoms with Crippen LogP contribution in [0.4, 0.5) is 5.13 Å². The number of amides is 1. The maximum Gasteiger partial charge on any atom is 0.246 e. The molecular formula is C35H27N7O3S. The first-order valence-corrected chi connectivity index (χ1v) is 15.6. The van der Waals surface area contributed by atoms with Gasteiger partial charge in [0.15, 0.2) is 16.6 Å². The molecule has 46 heavy (non-hydrogen) atoms. The normalized spacial score (nSPS) is 16.2. The van der Waals surface area contributed by atoms with Crippen LogP contribution in [0.2, 0.25) is 0 Å². The second-order valence-electron chi connectivity index (χ2n) is 11.1. The molecule has 2 atom stereocenters. The summed E-state index contributed by atoms with van der Waals surface area (Å²) in [6.45, 7) is 4.00. The number of hydrogen-bond acceptors (Lipinski definition) is 9. The lowest BCUT2D eigenvalue weighted by Gasteiger charge is -2.23. The highest BCUT2D eigenvalue weighted by atomic mass is 32.1. The van der Waals surface area contributed by atoms with Gasteiger partial charge in [-0.25, -0.2) is 19.9 Å². The molecule has 11 heteroatoms. The molecule has 2 unspecified atom stereocenters. The zero-order valence-corrected chi connectivity index (χ0v) is 25.7. The Morgan fingerprint density at radius 1 is 0.935 bits per heavy atom. The van der Waals surface area contributed by atoms with Crippen molar-refractivity contribution in [3.63, 3.8) is 0 Å². The van der Waals surface area contributed by atoms with Crippen molar-refractivity contribution in [2.75, 3.05) is 5.32 Å². The summed E-state index contributed by atoms with van der Waals surface area (Å²) >= 11 is 1.37. The molecule has 0 radical (unpaired) electrons. The fourth-order valence-corrected chi connectivity index (χ4v) is 6.59. The van der Waals surface area contributed by atoms with Crippen LogP contribution in [0.5, 0.6) is 0 Å². The number of rotatable bonds is 4. The Labute approximate surface area is 267 Å². The number of imidazole rings is 1. The van der Waals surface area contributed by atoms with E-state index >= 15 is 0 Å². The lowest BCUT2D eigenvalue weighted by Crippen LogP contribution is -2.40. The lowest BCUT2D eigenvalue weighted by atomic mass is 9.79. The van der Waals surface area contributed by atoms with E-state index in [4.69, 9.17) is 0 Å². The predicted molar refractivity (Wildman–Crippen MR) is 176 cm³/mol. The molecule has 226 valence electrons. The van der Waals surface area contributed by atoms with Crippen molar-refractivity contribution in [1.29, 1.82) is 0 Å². The molecule has 2 aliphatic carbocycles. The Balaban J connectivity index is 0.000000147. The van der Waals surface area contributed by atoms with E-state index in [1.807, 2.05) is 73.8 Å². The van der Waals surface area contributed by atoms with Crippen LogP contribution in [0, 0.1) is 5.92 Å². The number of carbonyl (C=O) groups excluding carboxylic acids is 3. The van der Waals surface area contributed by atoms with Gasteiger partial charge in [-0.1, -0.05) is 56.3 Å². The quantitative estimate of drug-likeness (QED) is 0.305. The van der Waals surface area contributed by atoms with Gasteiger partial charge in [0.1, 0.15) is 24.2 Å². The largest absolute Gasteiger partial charge is 0.318 e. The number of aromatic nitrogens is 6. The number of hydrogen-bond donors (Lipinski definition) is 1. The van der Waals surface area contributed by atoms with Crippen LogP contribution >= 0.6 is 11.3 Å². The topological polar surface area (TPSA) is 133 Å². The molecule has 4 heterocycles. The first-order chi connectivity index (χ1) is 22.4. The van der Waals surface area contributed by atoms with Crippen molar-refractivity contribution >= 4 is 57.3 Å². The van der Waals surface area contributed by atoms with Crippen molar-refractivity contribution in [2.45, 2.75) is 26.3 Å². The van der Waals surface area contributed by atoms with Crippen LogP contribution in [0.3, 0.4) is 0 Å². The average molecular weight is 626 g/mol. The minimum Gasteiger partial charge on any atom is -0.318 e. The van der Waals surface area contributed by atoms with Crippen molar-refractivity contribution in [1.82, 2.24) is 29.5 Å². The summed E-state index contributed by atoms with van der Waals surface area (Å²) in [5.74, 6) is -0.113. The first-order valence-electron chi connectivity index (χ1n) is 14.7. The first kappa shape index (κ1) is 29.1. The molecule has 10 nitrogen and oxygen atoms in total. The zero-order valence-electron chi connectivity index (χ0n) is 24.9. The molecular weight excluding hydrogens is 598 g/mol. The van der Waals surface area contributed by atoms with Crippen LogP contribution in [0.15, 0.2) is 85.2 Å². The van der Waals surface area contributed by atoms with Crippen LogP contribution in [-0.2, 0) is 16.1 Å². The van der Waals surface area contributed by atoms with Gasteiger partial charge in [-0.15, -0.1) is 11.3 Å². The standard InChI is InChI=1S/C20H16O2.C15H11N7OS/c1-11-9-17-13(12(2)20(11)22)7-8-15-14-5-3-4-6-16(14)19(21)10-18(15)17;23-13(6-22-9-19-14-12(22)5-17-8-18-14)21-15-20-11(7-24-15)10-2-1-3-16-4-10/h3-12H,1-2H3;1-5,7-9H,6H2,(H,20,21,23). The van der Waals surface area contributed by atoms with E-state index in [-0.39, 0.29) is 35.9 Å². The summed E-state index contributed by atoms with van der Waals surface area (Å²) in [5, 5.41) is 7.24. The number of pyridine rings is 1. The van der Waals surface area contributed by atoms with E-state index in [1.165, 1.54) is 17.7 Å². The highest BCUT2D eigenvalue weighted by molar-refractivity contribution is 7.14. The van der Waals surface area contributed by atoms with Gasteiger partial charge >= 0.3 is 0 Å². The molecule has 1 N–H and O–H groups in total. The van der Waals surface area contributed by atoms with Crippen LogP contribution in [-0.4, -0.2) is 47.0 Å². The zero-order chi connectivity index (χ0) is 31.8. The molecule has 6 aromatic rings. The molecule has 4 aromatic heterocycles. The van der Waals surface area contributed by atoms with E-state index in [9.17, 15) is 14.4 Å². The van der Waals surface area contributed by atoms with Gasteiger partial charge in [-0.3, -0.25) is 19.4 Å². The number of nitrogens with one attached hydrogen (secondary N) is 1. The highest BCUT2D eigenvalue weighted by Gasteiger charge is 2.27. The summed E-state index contributed by atoms with van der Waals surface area (Å²) in [6.07, 6.45) is 11.8. The van der Waals surface area contributed by atoms with Crippen molar-refractivity contribution in [3.8, 4) is 22.4 Å². The fourth-order valence-electron chi connectivity index (χ4n) is 5.85. The number of Topliss-reactive ketones (excluding diaryl/α,β-unsaturated/α-hetero) is 2. The number of ketones is 2. The van der Waals surface area contributed by atoms with Gasteiger partial charge in [-0.2, -0.15) is 0 Å². The van der Waals surface area contributed by atoms with E-state index in [0.29, 0.717) is 16.3 Å². The van der Waals surface area contributed by atoms with Crippen LogP contribution in [0.1, 0.15) is 35.7 Å². The molecule has 0 fully saturated rings. The number of benzene rings is 2. The number of carbonyl (C=O) groups is 3. The molecule has 2 aliphatic rings. The second-order valence-corrected chi connectivity index (χ2v) is 12.0. The highest BCUT2D eigenvalue weighted by Crippen LogP contribution is 2.28. The Morgan fingerprint density at radius 3 is 2.61 bits per heavy atom. The van der Waals surface area contributed by atoms with Gasteiger partial charge in [0.25, 0.3) is 0 Å². The summed E-state index contributed by atoms with van der Waals surface area (Å²) in [5.41, 5.74) is 6.82. The van der Waals surface area contributed by atoms with Crippen molar-refractivity contribution < 1.29 is 14.4 Å². The fraction of sp³-hybridized carbons (Fsp3) is 0.143. The molecule has 0 bridgehead atoms. The molecule has 0 saturated carbocycles. The van der Waals surface area contributed by atoms with E-state index in [0.717, 1.165) is 43.9 Å². The minimum atomic E-state index is -0.190. The third kappa shape index (κ3) is 5.41. The number of anilines is 1. The Hall–Kier alpha value is -5.68. The Bertz CT molecular complexity index is 2280.